The van der Waals surface area contributed by atoms with Crippen molar-refractivity contribution in [3.05, 3.63) is 77.6 Å². The molecule has 2 aromatic carbocycles. The van der Waals surface area contributed by atoms with E-state index >= 15 is 0 Å². The molecule has 0 spiro atoms. The lowest BCUT2D eigenvalue weighted by atomic mass is 9.90. The molecular weight excluding hydrogens is 516 g/mol. The zero-order valence-corrected chi connectivity index (χ0v) is 25.0. The molecule has 0 radical (unpaired) electrons. The van der Waals surface area contributed by atoms with Gasteiger partial charge in [-0.25, -0.2) is 4.98 Å². The first kappa shape index (κ1) is 28.2. The molecule has 1 aliphatic heterocycles. The van der Waals surface area contributed by atoms with E-state index in [0.29, 0.717) is 23.7 Å². The van der Waals surface area contributed by atoms with E-state index in [4.69, 9.17) is 14.7 Å². The third-order valence-corrected chi connectivity index (χ3v) is 8.18. The quantitative estimate of drug-likeness (QED) is 0.205. The highest BCUT2D eigenvalue weighted by atomic mass is 32.2. The van der Waals surface area contributed by atoms with Gasteiger partial charge in [-0.2, -0.15) is 10.1 Å². The zero-order chi connectivity index (χ0) is 28.1. The second-order valence-corrected chi connectivity index (χ2v) is 12.0. The fourth-order valence-electron chi connectivity index (χ4n) is 5.32. The van der Waals surface area contributed by atoms with Gasteiger partial charge >= 0.3 is 0 Å². The average molecular weight is 557 g/mol. The Morgan fingerprint density at radius 3 is 2.45 bits per heavy atom. The van der Waals surface area contributed by atoms with Gasteiger partial charge in [0.05, 0.1) is 16.8 Å². The van der Waals surface area contributed by atoms with Crippen molar-refractivity contribution in [2.45, 2.75) is 57.3 Å². The smallest absolute Gasteiger partial charge is 0.237 e. The number of ether oxygens (including phenoxy) is 1. The summed E-state index contributed by atoms with van der Waals surface area (Å²) in [5.41, 5.74) is 5.73. The lowest BCUT2D eigenvalue weighted by Crippen LogP contribution is -2.29. The molecule has 1 aliphatic rings. The van der Waals surface area contributed by atoms with E-state index in [1.54, 1.807) is 4.68 Å². The molecule has 0 bridgehead atoms. The van der Waals surface area contributed by atoms with Crippen molar-refractivity contribution < 1.29 is 4.74 Å². The standard InChI is InChI=1S/C32H40N6OS/c1-6-28-30(29-10-8-7-9-25(29)19-22(2)3)34-32(36-40-27-20-33-38(5)21-27)35-31(28)39-26-13-11-23(12-14-26)24-15-17-37(4)18-16-24/h7-14,20-22,24H,6,15-19H2,1-5H3,(H,34,35,36). The third kappa shape index (κ3) is 6.85. The summed E-state index contributed by atoms with van der Waals surface area (Å²) in [6.45, 7) is 8.94. The van der Waals surface area contributed by atoms with Gasteiger partial charge in [-0.3, -0.25) is 9.40 Å². The number of aryl methyl sites for hydroxylation is 1. The zero-order valence-electron chi connectivity index (χ0n) is 24.2. The fraction of sp³-hybridized carbons (Fsp3) is 0.406. The van der Waals surface area contributed by atoms with Gasteiger partial charge in [-0.1, -0.05) is 57.2 Å². The number of likely N-dealkylation sites (tertiary alicyclic amines) is 1. The number of benzene rings is 2. The second-order valence-electron chi connectivity index (χ2n) is 11.1. The molecule has 0 aliphatic carbocycles. The van der Waals surface area contributed by atoms with Crippen molar-refractivity contribution in [1.82, 2.24) is 24.6 Å². The summed E-state index contributed by atoms with van der Waals surface area (Å²) in [5, 5.41) is 4.27. The molecule has 0 atom stereocenters. The Labute approximate surface area is 242 Å². The number of piperidine rings is 1. The van der Waals surface area contributed by atoms with Crippen LogP contribution in [0.25, 0.3) is 11.3 Å². The normalized spacial score (nSPS) is 14.6. The lowest BCUT2D eigenvalue weighted by Gasteiger charge is -2.29. The van der Waals surface area contributed by atoms with Gasteiger partial charge in [0.25, 0.3) is 0 Å². The Balaban J connectivity index is 1.48. The maximum absolute atomic E-state index is 6.51. The van der Waals surface area contributed by atoms with Crippen LogP contribution in [0.4, 0.5) is 5.95 Å². The molecule has 8 heteroatoms. The van der Waals surface area contributed by atoms with Crippen LogP contribution in [0.1, 0.15) is 56.2 Å². The Hall–Kier alpha value is -3.36. The highest BCUT2D eigenvalue weighted by Gasteiger charge is 2.21. The summed E-state index contributed by atoms with van der Waals surface area (Å²) < 4.78 is 11.6. The highest BCUT2D eigenvalue weighted by molar-refractivity contribution is 8.00. The topological polar surface area (TPSA) is 68.1 Å². The Morgan fingerprint density at radius 2 is 1.77 bits per heavy atom. The van der Waals surface area contributed by atoms with Gasteiger partial charge in [0.2, 0.25) is 11.8 Å². The van der Waals surface area contributed by atoms with Gasteiger partial charge in [0.1, 0.15) is 5.75 Å². The van der Waals surface area contributed by atoms with Gasteiger partial charge in [0.15, 0.2) is 0 Å². The SMILES string of the molecule is CCc1c(Oc2ccc(C3CCN(C)CC3)cc2)nc(NSc2cnn(C)c2)nc1-c1ccccc1CC(C)C. The molecule has 4 aromatic rings. The van der Waals surface area contributed by atoms with Crippen molar-refractivity contribution in [3.63, 3.8) is 0 Å². The first-order valence-electron chi connectivity index (χ1n) is 14.3. The minimum Gasteiger partial charge on any atom is -0.439 e. The third-order valence-electron chi connectivity index (χ3n) is 7.45. The van der Waals surface area contributed by atoms with Crippen LogP contribution < -0.4 is 9.46 Å². The van der Waals surface area contributed by atoms with Crippen molar-refractivity contribution in [1.29, 1.82) is 0 Å². The van der Waals surface area contributed by atoms with Gasteiger partial charge in [-0.05, 0) is 92.9 Å². The van der Waals surface area contributed by atoms with Gasteiger partial charge < -0.3 is 9.64 Å². The summed E-state index contributed by atoms with van der Waals surface area (Å²) in [6.07, 6.45) is 7.91. The fourth-order valence-corrected chi connectivity index (χ4v) is 5.93. The summed E-state index contributed by atoms with van der Waals surface area (Å²) in [6, 6.07) is 17.2. The first-order chi connectivity index (χ1) is 19.4. The molecule has 1 fully saturated rings. The maximum Gasteiger partial charge on any atom is 0.237 e. The van der Waals surface area contributed by atoms with E-state index in [9.17, 15) is 0 Å². The number of nitrogens with zero attached hydrogens (tertiary/aromatic N) is 5. The van der Waals surface area contributed by atoms with Crippen molar-refractivity contribution in [2.75, 3.05) is 24.9 Å². The largest absolute Gasteiger partial charge is 0.439 e. The summed E-state index contributed by atoms with van der Waals surface area (Å²) >= 11 is 1.44. The minimum atomic E-state index is 0.512. The molecule has 3 heterocycles. The van der Waals surface area contributed by atoms with Gasteiger partial charge in [0, 0.05) is 24.4 Å². The molecule has 1 saturated heterocycles. The van der Waals surface area contributed by atoms with Crippen LogP contribution in [0, 0.1) is 5.92 Å². The van der Waals surface area contributed by atoms with Crippen LogP contribution in [0.2, 0.25) is 0 Å². The Bertz CT molecular complexity index is 1410. The number of aromatic nitrogens is 4. The van der Waals surface area contributed by atoms with Crippen LogP contribution in [-0.2, 0) is 19.9 Å². The molecule has 0 saturated carbocycles. The van der Waals surface area contributed by atoms with Crippen molar-refractivity contribution >= 4 is 17.9 Å². The average Bonchev–Trinajstić information content (AvgIpc) is 3.37. The van der Waals surface area contributed by atoms with E-state index < -0.39 is 0 Å². The number of hydrogen-bond donors (Lipinski definition) is 1. The Kier molecular flexibility index (Phi) is 9.07. The molecular formula is C32H40N6OS. The van der Waals surface area contributed by atoms with E-state index in [-0.39, 0.29) is 0 Å². The highest BCUT2D eigenvalue weighted by Crippen LogP contribution is 2.36. The van der Waals surface area contributed by atoms with Crippen LogP contribution in [-0.4, -0.2) is 44.8 Å². The first-order valence-corrected chi connectivity index (χ1v) is 15.1. The van der Waals surface area contributed by atoms with E-state index in [2.05, 4.69) is 91.1 Å². The van der Waals surface area contributed by atoms with Crippen LogP contribution >= 0.6 is 11.9 Å². The van der Waals surface area contributed by atoms with E-state index in [0.717, 1.165) is 53.4 Å². The lowest BCUT2D eigenvalue weighted by molar-refractivity contribution is 0.255. The number of anilines is 1. The number of rotatable bonds is 10. The number of hydrogen-bond acceptors (Lipinski definition) is 7. The monoisotopic (exact) mass is 556 g/mol. The molecule has 5 rings (SSSR count). The molecule has 0 amide bonds. The van der Waals surface area contributed by atoms with Crippen LogP contribution in [0.15, 0.2) is 65.8 Å². The molecule has 1 N–H and O–H groups in total. The predicted molar refractivity (Wildman–Crippen MR) is 164 cm³/mol. The predicted octanol–water partition coefficient (Wildman–Crippen LogP) is 7.36. The van der Waals surface area contributed by atoms with Gasteiger partial charge in [-0.15, -0.1) is 0 Å². The summed E-state index contributed by atoms with van der Waals surface area (Å²) in [4.78, 5) is 13.3. The maximum atomic E-state index is 6.51. The number of nitrogens with one attached hydrogen (secondary N) is 1. The molecule has 7 nitrogen and oxygen atoms in total. The van der Waals surface area contributed by atoms with Crippen molar-refractivity contribution in [3.8, 4) is 22.9 Å². The Morgan fingerprint density at radius 1 is 1.02 bits per heavy atom. The second kappa shape index (κ2) is 12.9. The van der Waals surface area contributed by atoms with Crippen molar-refractivity contribution in [2.24, 2.45) is 13.0 Å². The minimum absolute atomic E-state index is 0.512. The van der Waals surface area contributed by atoms with Crippen LogP contribution in [0.3, 0.4) is 0 Å². The van der Waals surface area contributed by atoms with E-state index in [1.165, 1.54) is 35.9 Å². The van der Waals surface area contributed by atoms with Crippen LogP contribution in [0.5, 0.6) is 11.6 Å². The molecule has 210 valence electrons. The summed E-state index contributed by atoms with van der Waals surface area (Å²) in [7, 11) is 4.11. The molecule has 0 unspecified atom stereocenters. The van der Waals surface area contributed by atoms with E-state index in [1.807, 2.05) is 19.4 Å². The molecule has 2 aromatic heterocycles. The molecule has 40 heavy (non-hydrogen) atoms. The summed E-state index contributed by atoms with van der Waals surface area (Å²) in [5.74, 6) is 3.04.